The molecule has 0 aromatic heterocycles. The summed E-state index contributed by atoms with van der Waals surface area (Å²) in [5.41, 5.74) is 5.52. The first-order chi connectivity index (χ1) is 7.25. The number of thiocarbonyl (C=S) groups is 1. The highest BCUT2D eigenvalue weighted by molar-refractivity contribution is 7.80. The van der Waals surface area contributed by atoms with Crippen LogP contribution < -0.4 is 5.73 Å². The van der Waals surface area contributed by atoms with Gasteiger partial charge in [-0.05, 0) is 18.8 Å². The van der Waals surface area contributed by atoms with Gasteiger partial charge in [-0.2, -0.15) is 0 Å². The van der Waals surface area contributed by atoms with Crippen LogP contribution >= 0.6 is 12.2 Å². The van der Waals surface area contributed by atoms with E-state index in [-0.39, 0.29) is 16.8 Å². The van der Waals surface area contributed by atoms with Crippen molar-refractivity contribution in [2.24, 2.45) is 23.5 Å². The van der Waals surface area contributed by atoms with Crippen LogP contribution in [0, 0.1) is 17.8 Å². The molecule has 0 bridgehead atoms. The van der Waals surface area contributed by atoms with Crippen LogP contribution in [0.25, 0.3) is 0 Å². The molecular weight excluding hydrogens is 220 g/mol. The monoisotopic (exact) mass is 244 g/mol. The van der Waals surface area contributed by atoms with Crippen molar-refractivity contribution in [3.63, 3.8) is 0 Å². The summed E-state index contributed by atoms with van der Waals surface area (Å²) in [7, 11) is 0. The van der Waals surface area contributed by atoms with Crippen molar-refractivity contribution in [1.29, 1.82) is 0 Å². The molecule has 1 atom stereocenters. The zero-order valence-electron chi connectivity index (χ0n) is 11.0. The van der Waals surface area contributed by atoms with Crippen molar-refractivity contribution < 1.29 is 4.79 Å². The van der Waals surface area contributed by atoms with E-state index in [0.29, 0.717) is 11.8 Å². The molecule has 4 heteroatoms. The van der Waals surface area contributed by atoms with Gasteiger partial charge in [0.15, 0.2) is 0 Å². The van der Waals surface area contributed by atoms with Gasteiger partial charge in [0.05, 0.1) is 10.9 Å². The lowest BCUT2D eigenvalue weighted by Gasteiger charge is -2.28. The predicted molar refractivity (Wildman–Crippen MR) is 72.2 cm³/mol. The minimum Gasteiger partial charge on any atom is -0.393 e. The van der Waals surface area contributed by atoms with E-state index in [1.807, 2.05) is 4.90 Å². The van der Waals surface area contributed by atoms with Crippen LogP contribution in [-0.4, -0.2) is 28.9 Å². The standard InChI is InChI=1S/C12H24N2OS/c1-8(2)6-14(7-9(3)4)12(15)10(5)11(13)16/h8-10H,6-7H2,1-5H3,(H2,13,16). The molecule has 0 saturated heterocycles. The Labute approximate surface area is 104 Å². The summed E-state index contributed by atoms with van der Waals surface area (Å²) in [5.74, 6) is 0.616. The number of hydrogen-bond acceptors (Lipinski definition) is 2. The first-order valence-electron chi connectivity index (χ1n) is 5.83. The highest BCUT2D eigenvalue weighted by Gasteiger charge is 2.23. The van der Waals surface area contributed by atoms with Gasteiger partial charge in [-0.3, -0.25) is 4.79 Å². The summed E-state index contributed by atoms with van der Waals surface area (Å²) in [6, 6.07) is 0. The Bertz CT molecular complexity index is 241. The van der Waals surface area contributed by atoms with Crippen molar-refractivity contribution in [3.8, 4) is 0 Å². The lowest BCUT2D eigenvalue weighted by atomic mass is 10.1. The molecule has 0 heterocycles. The Balaban J connectivity index is 4.61. The molecule has 0 aromatic carbocycles. The van der Waals surface area contributed by atoms with Gasteiger partial charge in [0.2, 0.25) is 5.91 Å². The van der Waals surface area contributed by atoms with E-state index < -0.39 is 0 Å². The number of nitrogens with zero attached hydrogens (tertiary/aromatic N) is 1. The maximum Gasteiger partial charge on any atom is 0.232 e. The average molecular weight is 244 g/mol. The van der Waals surface area contributed by atoms with Gasteiger partial charge in [0, 0.05) is 13.1 Å². The lowest BCUT2D eigenvalue weighted by Crippen LogP contribution is -2.43. The van der Waals surface area contributed by atoms with Crippen LogP contribution in [0.1, 0.15) is 34.6 Å². The summed E-state index contributed by atoms with van der Waals surface area (Å²) in [5, 5.41) is 0. The van der Waals surface area contributed by atoms with Gasteiger partial charge in [-0.15, -0.1) is 0 Å². The molecule has 0 saturated carbocycles. The molecule has 0 aliphatic heterocycles. The molecule has 94 valence electrons. The third-order valence-corrected chi connectivity index (χ3v) is 2.63. The third kappa shape index (κ3) is 5.45. The van der Waals surface area contributed by atoms with Gasteiger partial charge in [-0.25, -0.2) is 0 Å². The summed E-state index contributed by atoms with van der Waals surface area (Å²) in [6.45, 7) is 11.7. The highest BCUT2D eigenvalue weighted by Crippen LogP contribution is 2.09. The molecule has 0 fully saturated rings. The van der Waals surface area contributed by atoms with Crippen LogP contribution in [0.15, 0.2) is 0 Å². The van der Waals surface area contributed by atoms with Gasteiger partial charge in [0.1, 0.15) is 0 Å². The molecule has 0 spiro atoms. The molecular formula is C12H24N2OS. The molecule has 1 unspecified atom stereocenters. The normalized spacial score (nSPS) is 12.9. The van der Waals surface area contributed by atoms with E-state index in [4.69, 9.17) is 18.0 Å². The van der Waals surface area contributed by atoms with Gasteiger partial charge >= 0.3 is 0 Å². The van der Waals surface area contributed by atoms with Gasteiger partial charge in [-0.1, -0.05) is 39.9 Å². The molecule has 16 heavy (non-hydrogen) atoms. The van der Waals surface area contributed by atoms with Gasteiger partial charge < -0.3 is 10.6 Å². The SMILES string of the molecule is CC(C)CN(CC(C)C)C(=O)C(C)C(N)=S. The number of carbonyl (C=O) groups excluding carboxylic acids is 1. The maximum absolute atomic E-state index is 12.1. The summed E-state index contributed by atoms with van der Waals surface area (Å²) in [4.78, 5) is 14.3. The lowest BCUT2D eigenvalue weighted by molar-refractivity contribution is -0.134. The van der Waals surface area contributed by atoms with E-state index in [9.17, 15) is 4.79 Å². The van der Waals surface area contributed by atoms with Crippen LogP contribution in [-0.2, 0) is 4.79 Å². The maximum atomic E-state index is 12.1. The topological polar surface area (TPSA) is 46.3 Å². The Morgan fingerprint density at radius 1 is 1.12 bits per heavy atom. The Kier molecular flexibility index (Phi) is 6.56. The smallest absolute Gasteiger partial charge is 0.232 e. The van der Waals surface area contributed by atoms with E-state index in [1.54, 1.807) is 6.92 Å². The average Bonchev–Trinajstić information content (AvgIpc) is 2.12. The summed E-state index contributed by atoms with van der Waals surface area (Å²) >= 11 is 4.87. The second-order valence-corrected chi connectivity index (χ2v) is 5.63. The number of nitrogens with two attached hydrogens (primary N) is 1. The fourth-order valence-corrected chi connectivity index (χ4v) is 1.63. The Morgan fingerprint density at radius 3 is 1.75 bits per heavy atom. The highest BCUT2D eigenvalue weighted by atomic mass is 32.1. The van der Waals surface area contributed by atoms with E-state index in [2.05, 4.69) is 27.7 Å². The second-order valence-electron chi connectivity index (χ2n) is 5.15. The second kappa shape index (κ2) is 6.84. The third-order valence-electron chi connectivity index (χ3n) is 2.28. The zero-order chi connectivity index (χ0) is 12.9. The Morgan fingerprint density at radius 2 is 1.50 bits per heavy atom. The summed E-state index contributed by atoms with van der Waals surface area (Å²) < 4.78 is 0. The zero-order valence-corrected chi connectivity index (χ0v) is 11.8. The van der Waals surface area contributed by atoms with E-state index >= 15 is 0 Å². The van der Waals surface area contributed by atoms with E-state index in [1.165, 1.54) is 0 Å². The predicted octanol–water partition coefficient (Wildman–Crippen LogP) is 2.05. The van der Waals surface area contributed by atoms with Crippen LogP contribution in [0.3, 0.4) is 0 Å². The minimum absolute atomic E-state index is 0.0508. The molecule has 2 N–H and O–H groups in total. The van der Waals surface area contributed by atoms with Crippen LogP contribution in [0.5, 0.6) is 0 Å². The number of hydrogen-bond donors (Lipinski definition) is 1. The molecule has 0 aliphatic rings. The fourth-order valence-electron chi connectivity index (χ4n) is 1.53. The number of rotatable bonds is 6. The minimum atomic E-state index is -0.354. The first-order valence-corrected chi connectivity index (χ1v) is 6.24. The fraction of sp³-hybridized carbons (Fsp3) is 0.833. The molecule has 0 aromatic rings. The molecule has 1 amide bonds. The Hall–Kier alpha value is -0.640. The quantitative estimate of drug-likeness (QED) is 0.727. The number of carbonyl (C=O) groups is 1. The summed E-state index contributed by atoms with van der Waals surface area (Å²) in [6.07, 6.45) is 0. The molecule has 3 nitrogen and oxygen atoms in total. The first kappa shape index (κ1) is 15.4. The van der Waals surface area contributed by atoms with Crippen molar-refractivity contribution in [2.75, 3.05) is 13.1 Å². The van der Waals surface area contributed by atoms with Crippen molar-refractivity contribution in [3.05, 3.63) is 0 Å². The van der Waals surface area contributed by atoms with Crippen molar-refractivity contribution >= 4 is 23.1 Å². The van der Waals surface area contributed by atoms with Crippen LogP contribution in [0.2, 0.25) is 0 Å². The molecule has 0 radical (unpaired) electrons. The molecule has 0 aliphatic carbocycles. The van der Waals surface area contributed by atoms with E-state index in [0.717, 1.165) is 13.1 Å². The number of amides is 1. The van der Waals surface area contributed by atoms with Crippen LogP contribution in [0.4, 0.5) is 0 Å². The molecule has 0 rings (SSSR count). The van der Waals surface area contributed by atoms with Crippen molar-refractivity contribution in [1.82, 2.24) is 4.90 Å². The van der Waals surface area contributed by atoms with Gasteiger partial charge in [0.25, 0.3) is 0 Å². The largest absolute Gasteiger partial charge is 0.393 e. The van der Waals surface area contributed by atoms with Crippen molar-refractivity contribution in [2.45, 2.75) is 34.6 Å².